The number of nitrogens with zero attached hydrogens (tertiary/aromatic N) is 2. The van der Waals surface area contributed by atoms with Gasteiger partial charge in [-0.2, -0.15) is 0 Å². The third-order valence-electron chi connectivity index (χ3n) is 2.68. The van der Waals surface area contributed by atoms with E-state index in [0.717, 1.165) is 26.2 Å². The van der Waals surface area contributed by atoms with Crippen LogP contribution in [0.25, 0.3) is 0 Å². The number of aliphatic carboxylic acids is 1. The third kappa shape index (κ3) is 3.25. The molecule has 0 aromatic carbocycles. The lowest BCUT2D eigenvalue weighted by Gasteiger charge is -2.33. The standard InChI is InChI=1S/C9H19N3O2/c1-10-8(9(13)14)7-12-5-3-11(2)4-6-12/h8,10H,3-7H2,1-2H3,(H,13,14). The second-order valence-corrected chi connectivity index (χ2v) is 3.78. The zero-order valence-electron chi connectivity index (χ0n) is 8.86. The van der Waals surface area contributed by atoms with Crippen LogP contribution in [-0.4, -0.2) is 73.7 Å². The van der Waals surface area contributed by atoms with Crippen LogP contribution in [0.3, 0.4) is 0 Å². The summed E-state index contributed by atoms with van der Waals surface area (Å²) in [6.45, 7) is 4.57. The van der Waals surface area contributed by atoms with Crippen LogP contribution in [0.15, 0.2) is 0 Å². The van der Waals surface area contributed by atoms with Crippen molar-refractivity contribution < 1.29 is 9.90 Å². The van der Waals surface area contributed by atoms with Gasteiger partial charge in [-0.25, -0.2) is 0 Å². The normalized spacial score (nSPS) is 22.1. The molecule has 1 fully saturated rings. The van der Waals surface area contributed by atoms with Crippen molar-refractivity contribution >= 4 is 5.97 Å². The molecular formula is C9H19N3O2. The first-order valence-corrected chi connectivity index (χ1v) is 4.94. The average Bonchev–Trinajstić information content (AvgIpc) is 2.16. The Hall–Kier alpha value is -0.650. The summed E-state index contributed by atoms with van der Waals surface area (Å²) in [6, 6.07) is -0.446. The molecule has 1 unspecified atom stereocenters. The predicted molar refractivity (Wildman–Crippen MR) is 54.4 cm³/mol. The lowest BCUT2D eigenvalue weighted by molar-refractivity contribution is -0.139. The average molecular weight is 201 g/mol. The third-order valence-corrected chi connectivity index (χ3v) is 2.68. The van der Waals surface area contributed by atoms with Gasteiger partial charge in [0.25, 0.3) is 0 Å². The molecule has 1 rings (SSSR count). The van der Waals surface area contributed by atoms with Gasteiger partial charge in [0.05, 0.1) is 0 Å². The zero-order chi connectivity index (χ0) is 10.6. The van der Waals surface area contributed by atoms with Crippen LogP contribution < -0.4 is 5.32 Å². The molecule has 0 saturated carbocycles. The maximum atomic E-state index is 10.8. The first-order chi connectivity index (χ1) is 6.63. The van der Waals surface area contributed by atoms with Gasteiger partial charge in [-0.15, -0.1) is 0 Å². The minimum atomic E-state index is -0.772. The summed E-state index contributed by atoms with van der Waals surface area (Å²) in [6.07, 6.45) is 0. The zero-order valence-corrected chi connectivity index (χ0v) is 8.86. The highest BCUT2D eigenvalue weighted by molar-refractivity contribution is 5.73. The Bertz CT molecular complexity index is 190. The number of piperazine rings is 1. The van der Waals surface area contributed by atoms with Crippen LogP contribution in [-0.2, 0) is 4.79 Å². The topological polar surface area (TPSA) is 55.8 Å². The number of hydrogen-bond donors (Lipinski definition) is 2. The summed E-state index contributed by atoms with van der Waals surface area (Å²) in [5, 5.41) is 11.7. The van der Waals surface area contributed by atoms with Gasteiger partial charge in [-0.1, -0.05) is 0 Å². The number of rotatable bonds is 4. The number of hydrogen-bond acceptors (Lipinski definition) is 4. The number of carboxylic acid groups (broad SMARTS) is 1. The molecule has 1 aliphatic heterocycles. The summed E-state index contributed by atoms with van der Waals surface area (Å²) in [5.74, 6) is -0.772. The first kappa shape index (κ1) is 11.4. The summed E-state index contributed by atoms with van der Waals surface area (Å²) in [5.41, 5.74) is 0. The van der Waals surface area contributed by atoms with Crippen molar-refractivity contribution in [3.8, 4) is 0 Å². The molecule has 0 spiro atoms. The molecule has 5 nitrogen and oxygen atoms in total. The summed E-state index contributed by atoms with van der Waals surface area (Å²) < 4.78 is 0. The van der Waals surface area contributed by atoms with E-state index in [9.17, 15) is 4.79 Å². The number of likely N-dealkylation sites (N-methyl/N-ethyl adjacent to an activating group) is 2. The van der Waals surface area contributed by atoms with E-state index in [4.69, 9.17) is 5.11 Å². The van der Waals surface area contributed by atoms with Crippen molar-refractivity contribution in [2.45, 2.75) is 6.04 Å². The fourth-order valence-electron chi connectivity index (χ4n) is 1.58. The van der Waals surface area contributed by atoms with E-state index < -0.39 is 12.0 Å². The van der Waals surface area contributed by atoms with Gasteiger partial charge in [-0.3, -0.25) is 9.69 Å². The van der Waals surface area contributed by atoms with Crippen molar-refractivity contribution in [3.05, 3.63) is 0 Å². The molecule has 0 radical (unpaired) electrons. The molecule has 5 heteroatoms. The molecule has 1 aliphatic rings. The van der Waals surface area contributed by atoms with Crippen LogP contribution in [0.1, 0.15) is 0 Å². The van der Waals surface area contributed by atoms with Crippen LogP contribution in [0.4, 0.5) is 0 Å². The van der Waals surface area contributed by atoms with Crippen LogP contribution >= 0.6 is 0 Å². The lowest BCUT2D eigenvalue weighted by Crippen LogP contribution is -2.51. The second-order valence-electron chi connectivity index (χ2n) is 3.78. The van der Waals surface area contributed by atoms with E-state index in [1.54, 1.807) is 7.05 Å². The highest BCUT2D eigenvalue weighted by Crippen LogP contribution is 2.00. The molecule has 0 amide bonds. The number of nitrogens with one attached hydrogen (secondary N) is 1. The number of carbonyl (C=O) groups is 1. The van der Waals surface area contributed by atoms with Crippen LogP contribution in [0.5, 0.6) is 0 Å². The van der Waals surface area contributed by atoms with E-state index in [1.807, 2.05) is 0 Å². The van der Waals surface area contributed by atoms with Crippen molar-refractivity contribution in [3.63, 3.8) is 0 Å². The minimum absolute atomic E-state index is 0.446. The monoisotopic (exact) mass is 201 g/mol. The Morgan fingerprint density at radius 2 is 2.00 bits per heavy atom. The Kier molecular flexibility index (Phi) is 4.31. The Morgan fingerprint density at radius 3 is 2.43 bits per heavy atom. The lowest BCUT2D eigenvalue weighted by atomic mass is 10.2. The molecule has 1 heterocycles. The van der Waals surface area contributed by atoms with Crippen molar-refractivity contribution in [2.24, 2.45) is 0 Å². The molecule has 82 valence electrons. The fourth-order valence-corrected chi connectivity index (χ4v) is 1.58. The predicted octanol–water partition coefficient (Wildman–Crippen LogP) is -1.09. The second kappa shape index (κ2) is 5.29. The minimum Gasteiger partial charge on any atom is -0.480 e. The van der Waals surface area contributed by atoms with Gasteiger partial charge in [0.1, 0.15) is 6.04 Å². The summed E-state index contributed by atoms with van der Waals surface area (Å²) in [4.78, 5) is 15.2. The smallest absolute Gasteiger partial charge is 0.322 e. The molecule has 1 saturated heterocycles. The largest absolute Gasteiger partial charge is 0.480 e. The quantitative estimate of drug-likeness (QED) is 0.605. The van der Waals surface area contributed by atoms with E-state index in [0.29, 0.717) is 6.54 Å². The van der Waals surface area contributed by atoms with Crippen LogP contribution in [0.2, 0.25) is 0 Å². The molecule has 0 aliphatic carbocycles. The van der Waals surface area contributed by atoms with Gasteiger partial charge in [0.15, 0.2) is 0 Å². The first-order valence-electron chi connectivity index (χ1n) is 4.94. The van der Waals surface area contributed by atoms with Gasteiger partial charge < -0.3 is 15.3 Å². The molecule has 0 aromatic rings. The maximum absolute atomic E-state index is 10.8. The summed E-state index contributed by atoms with van der Waals surface area (Å²) >= 11 is 0. The fraction of sp³-hybridized carbons (Fsp3) is 0.889. The molecule has 1 atom stereocenters. The molecule has 2 N–H and O–H groups in total. The maximum Gasteiger partial charge on any atom is 0.322 e. The van der Waals surface area contributed by atoms with Crippen LogP contribution in [0, 0.1) is 0 Å². The van der Waals surface area contributed by atoms with E-state index in [2.05, 4.69) is 22.2 Å². The molecule has 0 bridgehead atoms. The SMILES string of the molecule is CNC(CN1CCN(C)CC1)C(=O)O. The van der Waals surface area contributed by atoms with Gasteiger partial charge in [-0.05, 0) is 14.1 Å². The highest BCUT2D eigenvalue weighted by atomic mass is 16.4. The van der Waals surface area contributed by atoms with Gasteiger partial charge >= 0.3 is 5.97 Å². The Balaban J connectivity index is 2.32. The summed E-state index contributed by atoms with van der Waals surface area (Å²) in [7, 11) is 3.78. The molecular weight excluding hydrogens is 182 g/mol. The van der Waals surface area contributed by atoms with E-state index in [-0.39, 0.29) is 0 Å². The molecule has 0 aromatic heterocycles. The van der Waals surface area contributed by atoms with Crippen molar-refractivity contribution in [1.29, 1.82) is 0 Å². The Labute approximate surface area is 84.7 Å². The Morgan fingerprint density at radius 1 is 1.43 bits per heavy atom. The van der Waals surface area contributed by atoms with E-state index in [1.165, 1.54) is 0 Å². The molecule has 14 heavy (non-hydrogen) atoms. The van der Waals surface area contributed by atoms with Crippen molar-refractivity contribution in [1.82, 2.24) is 15.1 Å². The highest BCUT2D eigenvalue weighted by Gasteiger charge is 2.21. The van der Waals surface area contributed by atoms with Gasteiger partial charge in [0, 0.05) is 32.7 Å². The van der Waals surface area contributed by atoms with E-state index >= 15 is 0 Å². The van der Waals surface area contributed by atoms with Crippen molar-refractivity contribution in [2.75, 3.05) is 46.8 Å². The number of carboxylic acids is 1. The van der Waals surface area contributed by atoms with Gasteiger partial charge in [0.2, 0.25) is 0 Å².